The van der Waals surface area contributed by atoms with Gasteiger partial charge in [-0.15, -0.1) is 0 Å². The van der Waals surface area contributed by atoms with Gasteiger partial charge >= 0.3 is 0 Å². The summed E-state index contributed by atoms with van der Waals surface area (Å²) in [6.07, 6.45) is 0. The Morgan fingerprint density at radius 1 is 1.00 bits per heavy atom. The van der Waals surface area contributed by atoms with Crippen LogP contribution in [-0.4, -0.2) is 68.4 Å². The van der Waals surface area contributed by atoms with Gasteiger partial charge in [-0.3, -0.25) is 14.5 Å². The van der Waals surface area contributed by atoms with E-state index in [-0.39, 0.29) is 11.8 Å². The van der Waals surface area contributed by atoms with Gasteiger partial charge in [0.25, 0.3) is 5.91 Å². The summed E-state index contributed by atoms with van der Waals surface area (Å²) in [5, 5.41) is 7.31. The summed E-state index contributed by atoms with van der Waals surface area (Å²) in [6.45, 7) is 3.99. The molecule has 1 fully saturated rings. The van der Waals surface area contributed by atoms with E-state index in [9.17, 15) is 9.59 Å². The number of nitrogens with one attached hydrogen (secondary N) is 2. The van der Waals surface area contributed by atoms with Crippen molar-refractivity contribution in [2.75, 3.05) is 62.4 Å². The van der Waals surface area contributed by atoms with Crippen LogP contribution in [0.5, 0.6) is 0 Å². The number of anilines is 3. The van der Waals surface area contributed by atoms with E-state index in [2.05, 4.69) is 27.5 Å². The number of likely N-dealkylation sites (N-methyl/N-ethyl adjacent to an activating group) is 2. The summed E-state index contributed by atoms with van der Waals surface area (Å²) in [5.41, 5.74) is 4.77. The minimum atomic E-state index is -0.217. The van der Waals surface area contributed by atoms with E-state index in [0.717, 1.165) is 37.3 Å². The molecule has 2 aliphatic rings. The molecule has 0 saturated carbocycles. The predicted molar refractivity (Wildman–Crippen MR) is 156 cm³/mol. The van der Waals surface area contributed by atoms with E-state index in [1.54, 1.807) is 30.1 Å². The molecule has 2 N–H and O–H groups in total. The fraction of sp³-hybridized carbons (Fsp3) is 0.241. The molecule has 0 atom stereocenters. The van der Waals surface area contributed by atoms with Gasteiger partial charge in [0, 0.05) is 49.5 Å². The Bertz CT molecular complexity index is 1400. The second-order valence-electron chi connectivity index (χ2n) is 9.58. The van der Waals surface area contributed by atoms with Crippen molar-refractivity contribution >= 4 is 63.3 Å². The van der Waals surface area contributed by atoms with Gasteiger partial charge in [0.05, 0.1) is 34.2 Å². The normalized spacial score (nSPS) is 17.1. The Morgan fingerprint density at radius 2 is 1.74 bits per heavy atom. The van der Waals surface area contributed by atoms with Gasteiger partial charge in [0.15, 0.2) is 0 Å². The van der Waals surface area contributed by atoms with E-state index in [4.69, 9.17) is 23.2 Å². The molecule has 0 aliphatic carbocycles. The molecule has 3 aromatic carbocycles. The van der Waals surface area contributed by atoms with Crippen LogP contribution in [0, 0.1) is 0 Å². The maximum atomic E-state index is 13.1. The van der Waals surface area contributed by atoms with Crippen LogP contribution >= 0.6 is 23.2 Å². The van der Waals surface area contributed by atoms with Gasteiger partial charge in [-0.1, -0.05) is 59.6 Å². The van der Waals surface area contributed by atoms with Crippen molar-refractivity contribution in [3.05, 3.63) is 87.9 Å². The third-order valence-corrected chi connectivity index (χ3v) is 7.48. The zero-order chi connectivity index (χ0) is 26.8. The number of rotatable bonds is 6. The van der Waals surface area contributed by atoms with Crippen molar-refractivity contribution in [1.29, 1.82) is 0 Å². The van der Waals surface area contributed by atoms with E-state index in [0.29, 0.717) is 44.9 Å². The highest BCUT2D eigenvalue weighted by Gasteiger charge is 2.29. The van der Waals surface area contributed by atoms with Crippen LogP contribution in [0.2, 0.25) is 10.0 Å². The van der Waals surface area contributed by atoms with Crippen LogP contribution in [0.4, 0.5) is 17.1 Å². The van der Waals surface area contributed by atoms with Crippen molar-refractivity contribution in [3.8, 4) is 0 Å². The number of halogens is 2. The SMILES string of the molecule is CN1CCN(CC(=O)N(C)c2ccc(NC(=C3C(=O)Nc4cc(Cl)ccc43)c3ccccc3)cc2Cl)CC1. The average molecular weight is 550 g/mol. The number of amides is 2. The van der Waals surface area contributed by atoms with Crippen molar-refractivity contribution < 1.29 is 9.59 Å². The van der Waals surface area contributed by atoms with Crippen molar-refractivity contribution in [2.45, 2.75) is 0 Å². The quantitative estimate of drug-likeness (QED) is 0.417. The summed E-state index contributed by atoms with van der Waals surface area (Å²) in [6, 6.07) is 20.5. The number of fused-ring (bicyclic) bond motifs is 1. The largest absolute Gasteiger partial charge is 0.354 e. The Kier molecular flexibility index (Phi) is 7.72. The number of nitrogens with zero attached hydrogens (tertiary/aromatic N) is 3. The second-order valence-corrected chi connectivity index (χ2v) is 10.4. The number of hydrogen-bond donors (Lipinski definition) is 2. The first kappa shape index (κ1) is 26.3. The zero-order valence-corrected chi connectivity index (χ0v) is 22.8. The minimum Gasteiger partial charge on any atom is -0.354 e. The lowest BCUT2D eigenvalue weighted by atomic mass is 10.00. The lowest BCUT2D eigenvalue weighted by Crippen LogP contribution is -2.48. The van der Waals surface area contributed by atoms with Crippen LogP contribution in [-0.2, 0) is 9.59 Å². The third kappa shape index (κ3) is 5.56. The molecule has 2 heterocycles. The molecule has 3 aromatic rings. The average Bonchev–Trinajstić information content (AvgIpc) is 3.23. The predicted octanol–water partition coefficient (Wildman–Crippen LogP) is 5.14. The topological polar surface area (TPSA) is 67.9 Å². The Morgan fingerprint density at radius 3 is 2.45 bits per heavy atom. The van der Waals surface area contributed by atoms with Crippen LogP contribution < -0.4 is 15.5 Å². The first-order valence-electron chi connectivity index (χ1n) is 12.4. The molecule has 0 bridgehead atoms. The van der Waals surface area contributed by atoms with Gasteiger partial charge in [-0.2, -0.15) is 0 Å². The summed E-state index contributed by atoms with van der Waals surface area (Å²) in [5.74, 6) is -0.229. The number of benzene rings is 3. The summed E-state index contributed by atoms with van der Waals surface area (Å²) >= 11 is 12.8. The molecule has 0 aromatic heterocycles. The smallest absolute Gasteiger partial charge is 0.258 e. The number of hydrogen-bond acceptors (Lipinski definition) is 5. The second kappa shape index (κ2) is 11.2. The van der Waals surface area contributed by atoms with Crippen molar-refractivity contribution in [1.82, 2.24) is 9.80 Å². The number of piperazine rings is 1. The summed E-state index contributed by atoms with van der Waals surface area (Å²) in [7, 11) is 3.84. The molecule has 0 spiro atoms. The number of carbonyl (C=O) groups is 2. The van der Waals surface area contributed by atoms with Crippen LogP contribution in [0.15, 0.2) is 66.7 Å². The monoisotopic (exact) mass is 549 g/mol. The highest BCUT2D eigenvalue weighted by Crippen LogP contribution is 2.39. The maximum Gasteiger partial charge on any atom is 0.258 e. The highest BCUT2D eigenvalue weighted by atomic mass is 35.5. The van der Waals surface area contributed by atoms with Gasteiger partial charge in [0.1, 0.15) is 0 Å². The van der Waals surface area contributed by atoms with E-state index in [1.165, 1.54) is 0 Å². The molecule has 0 radical (unpaired) electrons. The van der Waals surface area contributed by atoms with Gasteiger partial charge in [0.2, 0.25) is 5.91 Å². The first-order chi connectivity index (χ1) is 18.3. The molecule has 2 amide bonds. The van der Waals surface area contributed by atoms with Gasteiger partial charge in [-0.05, 0) is 42.9 Å². The minimum absolute atomic E-state index is 0.0119. The number of carbonyl (C=O) groups excluding carboxylic acids is 2. The highest BCUT2D eigenvalue weighted by molar-refractivity contribution is 6.39. The first-order valence-corrected chi connectivity index (χ1v) is 13.2. The van der Waals surface area contributed by atoms with E-state index in [1.807, 2.05) is 48.5 Å². The molecule has 1 saturated heterocycles. The molecule has 5 rings (SSSR count). The van der Waals surface area contributed by atoms with Crippen LogP contribution in [0.3, 0.4) is 0 Å². The standard InChI is InChI=1S/C29H29Cl2N5O2/c1-34-12-14-36(15-13-34)18-26(37)35(2)25-11-9-21(17-23(25)31)32-28(19-6-4-3-5-7-19)27-22-10-8-20(30)16-24(22)33-29(27)38/h3-11,16-17,32H,12-15,18H2,1-2H3,(H,33,38). The lowest BCUT2D eigenvalue weighted by Gasteiger charge is -2.33. The van der Waals surface area contributed by atoms with Crippen molar-refractivity contribution in [3.63, 3.8) is 0 Å². The van der Waals surface area contributed by atoms with Crippen LogP contribution in [0.1, 0.15) is 11.1 Å². The zero-order valence-electron chi connectivity index (χ0n) is 21.3. The third-order valence-electron chi connectivity index (χ3n) is 6.95. The maximum absolute atomic E-state index is 13.1. The summed E-state index contributed by atoms with van der Waals surface area (Å²) < 4.78 is 0. The van der Waals surface area contributed by atoms with Gasteiger partial charge < -0.3 is 20.4 Å². The molecule has 196 valence electrons. The Labute approximate surface area is 232 Å². The summed E-state index contributed by atoms with van der Waals surface area (Å²) in [4.78, 5) is 32.1. The van der Waals surface area contributed by atoms with Crippen LogP contribution in [0.25, 0.3) is 11.3 Å². The Balaban J connectivity index is 1.42. The molecule has 38 heavy (non-hydrogen) atoms. The molecular formula is C29H29Cl2N5O2. The van der Waals surface area contributed by atoms with E-state index < -0.39 is 0 Å². The molecule has 9 heteroatoms. The molecular weight excluding hydrogens is 521 g/mol. The van der Waals surface area contributed by atoms with E-state index >= 15 is 0 Å². The molecule has 0 unspecified atom stereocenters. The lowest BCUT2D eigenvalue weighted by molar-refractivity contribution is -0.119. The fourth-order valence-corrected chi connectivity index (χ4v) is 5.20. The Hall–Kier alpha value is -3.36. The molecule has 7 nitrogen and oxygen atoms in total. The molecule has 2 aliphatic heterocycles. The van der Waals surface area contributed by atoms with Gasteiger partial charge in [-0.25, -0.2) is 0 Å². The van der Waals surface area contributed by atoms with Crippen molar-refractivity contribution in [2.24, 2.45) is 0 Å². The fourth-order valence-electron chi connectivity index (χ4n) is 4.72.